The van der Waals surface area contributed by atoms with Gasteiger partial charge in [0.25, 0.3) is 0 Å². The number of nitrogens with zero attached hydrogens (tertiary/aromatic N) is 1. The number of hydrogen-bond acceptors (Lipinski definition) is 2. The van der Waals surface area contributed by atoms with Crippen LogP contribution in [0.15, 0.2) is 36.5 Å². The Morgan fingerprint density at radius 1 is 1.05 bits per heavy atom. The number of hydrogen-bond donors (Lipinski definition) is 1. The molecule has 0 spiro atoms. The van der Waals surface area contributed by atoms with Crippen molar-refractivity contribution >= 4 is 10.9 Å². The van der Waals surface area contributed by atoms with Crippen molar-refractivity contribution in [2.45, 2.75) is 39.2 Å². The van der Waals surface area contributed by atoms with Crippen molar-refractivity contribution in [1.82, 2.24) is 4.98 Å². The molecule has 2 heteroatoms. The Kier molecular flexibility index (Phi) is 3.75. The molecular formula is C18H23NO. The molecule has 1 aromatic carbocycles. The molecule has 0 bridgehead atoms. The number of pyridine rings is 1. The highest BCUT2D eigenvalue weighted by atomic mass is 16.3. The zero-order valence-electron chi connectivity index (χ0n) is 12.3. The molecule has 1 saturated carbocycles. The van der Waals surface area contributed by atoms with Gasteiger partial charge in [-0.3, -0.25) is 4.98 Å². The number of fused-ring (bicyclic) bond motifs is 1. The van der Waals surface area contributed by atoms with E-state index in [9.17, 15) is 5.11 Å². The summed E-state index contributed by atoms with van der Waals surface area (Å²) < 4.78 is 0. The van der Waals surface area contributed by atoms with Gasteiger partial charge in [-0.15, -0.1) is 0 Å². The van der Waals surface area contributed by atoms with Crippen LogP contribution in [-0.2, 0) is 0 Å². The van der Waals surface area contributed by atoms with Crippen molar-refractivity contribution in [3.05, 3.63) is 42.1 Å². The van der Waals surface area contributed by atoms with Gasteiger partial charge in [0.2, 0.25) is 0 Å². The third-order valence-corrected chi connectivity index (χ3v) is 4.64. The minimum atomic E-state index is -0.390. The second-order valence-electron chi connectivity index (χ2n) is 6.54. The fraction of sp³-hybridized carbons (Fsp3) is 0.500. The van der Waals surface area contributed by atoms with Crippen LogP contribution >= 0.6 is 0 Å². The fourth-order valence-corrected chi connectivity index (χ4v) is 3.89. The summed E-state index contributed by atoms with van der Waals surface area (Å²) in [7, 11) is 0. The average Bonchev–Trinajstić information content (AvgIpc) is 2.45. The molecule has 0 saturated heterocycles. The molecule has 1 N–H and O–H groups in total. The van der Waals surface area contributed by atoms with Gasteiger partial charge in [0.05, 0.1) is 11.6 Å². The molecule has 0 radical (unpaired) electrons. The van der Waals surface area contributed by atoms with E-state index in [-0.39, 0.29) is 0 Å². The highest BCUT2D eigenvalue weighted by Crippen LogP contribution is 2.40. The second-order valence-corrected chi connectivity index (χ2v) is 6.54. The number of aliphatic hydroxyl groups is 1. The Balaban J connectivity index is 1.94. The Labute approximate surface area is 120 Å². The average molecular weight is 269 g/mol. The Bertz CT molecular complexity index is 579. The minimum Gasteiger partial charge on any atom is -0.388 e. The number of para-hydroxylation sites is 1. The van der Waals surface area contributed by atoms with E-state index in [4.69, 9.17) is 0 Å². The van der Waals surface area contributed by atoms with Crippen LogP contribution in [0.25, 0.3) is 10.9 Å². The van der Waals surface area contributed by atoms with Gasteiger partial charge in [-0.25, -0.2) is 0 Å². The van der Waals surface area contributed by atoms with Crippen LogP contribution in [0.4, 0.5) is 0 Å². The van der Waals surface area contributed by atoms with Crippen molar-refractivity contribution in [3.8, 4) is 0 Å². The minimum absolute atomic E-state index is 0.362. The largest absolute Gasteiger partial charge is 0.388 e. The van der Waals surface area contributed by atoms with Crippen molar-refractivity contribution in [3.63, 3.8) is 0 Å². The fourth-order valence-electron chi connectivity index (χ4n) is 3.89. The van der Waals surface area contributed by atoms with E-state index >= 15 is 0 Å². The topological polar surface area (TPSA) is 33.1 Å². The van der Waals surface area contributed by atoms with Gasteiger partial charge >= 0.3 is 0 Å². The summed E-state index contributed by atoms with van der Waals surface area (Å²) in [5, 5.41) is 12.0. The summed E-state index contributed by atoms with van der Waals surface area (Å²) in [6, 6.07) is 10.1. The zero-order valence-corrected chi connectivity index (χ0v) is 12.3. The smallest absolute Gasteiger partial charge is 0.0839 e. The number of benzene rings is 1. The van der Waals surface area contributed by atoms with Gasteiger partial charge in [0.15, 0.2) is 0 Å². The molecule has 1 aliphatic carbocycles. The first-order chi connectivity index (χ1) is 9.65. The maximum absolute atomic E-state index is 10.8. The van der Waals surface area contributed by atoms with Gasteiger partial charge in [0.1, 0.15) is 0 Å². The summed E-state index contributed by atoms with van der Waals surface area (Å²) in [5.74, 6) is 1.78. The first-order valence-electron chi connectivity index (χ1n) is 7.67. The van der Waals surface area contributed by atoms with E-state index in [0.717, 1.165) is 29.3 Å². The lowest BCUT2D eigenvalue weighted by molar-refractivity contribution is 0.0560. The molecule has 1 heterocycles. The molecule has 106 valence electrons. The van der Waals surface area contributed by atoms with E-state index in [1.807, 2.05) is 24.4 Å². The highest BCUT2D eigenvalue weighted by molar-refractivity contribution is 5.81. The molecule has 0 aliphatic heterocycles. The molecule has 1 aromatic heterocycles. The summed E-state index contributed by atoms with van der Waals surface area (Å²) in [6.07, 6.45) is 4.95. The summed E-state index contributed by atoms with van der Waals surface area (Å²) in [5.41, 5.74) is 1.95. The van der Waals surface area contributed by atoms with Crippen molar-refractivity contribution < 1.29 is 5.11 Å². The molecule has 2 nitrogen and oxygen atoms in total. The van der Waals surface area contributed by atoms with Crippen molar-refractivity contribution in [1.29, 1.82) is 0 Å². The Hall–Kier alpha value is -1.41. The van der Waals surface area contributed by atoms with Crippen LogP contribution in [0.2, 0.25) is 0 Å². The molecule has 1 fully saturated rings. The van der Waals surface area contributed by atoms with Crippen molar-refractivity contribution in [2.75, 3.05) is 0 Å². The van der Waals surface area contributed by atoms with E-state index in [0.29, 0.717) is 17.8 Å². The van der Waals surface area contributed by atoms with Gasteiger partial charge in [-0.2, -0.15) is 0 Å². The predicted molar refractivity (Wildman–Crippen MR) is 82.4 cm³/mol. The van der Waals surface area contributed by atoms with Gasteiger partial charge in [-0.1, -0.05) is 38.1 Å². The molecule has 3 unspecified atom stereocenters. The maximum atomic E-state index is 10.8. The lowest BCUT2D eigenvalue weighted by Crippen LogP contribution is -2.24. The van der Waals surface area contributed by atoms with Crippen LogP contribution in [0.5, 0.6) is 0 Å². The first-order valence-corrected chi connectivity index (χ1v) is 7.67. The van der Waals surface area contributed by atoms with E-state index in [2.05, 4.69) is 31.0 Å². The quantitative estimate of drug-likeness (QED) is 0.879. The van der Waals surface area contributed by atoms with E-state index in [1.165, 1.54) is 6.42 Å². The lowest BCUT2D eigenvalue weighted by Gasteiger charge is -2.34. The molecule has 0 amide bonds. The van der Waals surface area contributed by atoms with Crippen LogP contribution in [-0.4, -0.2) is 10.1 Å². The van der Waals surface area contributed by atoms with Crippen LogP contribution in [0, 0.1) is 17.8 Å². The SMILES string of the molecule is CC1CC(C)CC(C(O)c2cccc3cccnc23)C1. The van der Waals surface area contributed by atoms with Crippen LogP contribution in [0.1, 0.15) is 44.8 Å². The zero-order chi connectivity index (χ0) is 14.1. The van der Waals surface area contributed by atoms with Crippen LogP contribution in [0.3, 0.4) is 0 Å². The second kappa shape index (κ2) is 5.53. The molecule has 3 rings (SSSR count). The van der Waals surface area contributed by atoms with Crippen LogP contribution < -0.4 is 0 Å². The molecule has 20 heavy (non-hydrogen) atoms. The predicted octanol–water partition coefficient (Wildman–Crippen LogP) is 4.34. The molecular weight excluding hydrogens is 246 g/mol. The summed E-state index contributed by atoms with van der Waals surface area (Å²) in [6.45, 7) is 4.60. The lowest BCUT2D eigenvalue weighted by atomic mass is 9.73. The maximum Gasteiger partial charge on any atom is 0.0839 e. The van der Waals surface area contributed by atoms with E-state index < -0.39 is 6.10 Å². The van der Waals surface area contributed by atoms with Gasteiger partial charge in [-0.05, 0) is 43.1 Å². The number of aromatic nitrogens is 1. The molecule has 1 aliphatic rings. The normalized spacial score (nSPS) is 28.4. The third-order valence-electron chi connectivity index (χ3n) is 4.64. The van der Waals surface area contributed by atoms with Gasteiger partial charge in [0, 0.05) is 17.1 Å². The number of aliphatic hydroxyl groups excluding tert-OH is 1. The summed E-state index contributed by atoms with van der Waals surface area (Å²) in [4.78, 5) is 4.48. The standard InChI is InChI=1S/C18H23NO/c1-12-9-13(2)11-15(10-12)18(20)16-7-3-5-14-6-4-8-19-17(14)16/h3-8,12-13,15,18,20H,9-11H2,1-2H3. The Morgan fingerprint density at radius 3 is 2.50 bits per heavy atom. The molecule has 3 atom stereocenters. The number of rotatable bonds is 2. The van der Waals surface area contributed by atoms with Crippen molar-refractivity contribution in [2.24, 2.45) is 17.8 Å². The summed E-state index contributed by atoms with van der Waals surface area (Å²) >= 11 is 0. The third kappa shape index (κ3) is 2.57. The van der Waals surface area contributed by atoms with Gasteiger partial charge < -0.3 is 5.11 Å². The molecule has 2 aromatic rings. The highest BCUT2D eigenvalue weighted by Gasteiger charge is 2.30. The first kappa shape index (κ1) is 13.6. The van der Waals surface area contributed by atoms with E-state index in [1.54, 1.807) is 0 Å². The Morgan fingerprint density at radius 2 is 1.75 bits per heavy atom. The monoisotopic (exact) mass is 269 g/mol.